The van der Waals surface area contributed by atoms with Crippen LogP contribution in [0.1, 0.15) is 37.3 Å². The molecule has 100 valence electrons. The Labute approximate surface area is 110 Å². The fourth-order valence-electron chi connectivity index (χ4n) is 1.88. The maximum atomic E-state index is 11.3. The van der Waals surface area contributed by atoms with Gasteiger partial charge in [0.25, 0.3) is 0 Å². The van der Waals surface area contributed by atoms with Crippen LogP contribution in [0.3, 0.4) is 0 Å². The highest BCUT2D eigenvalue weighted by molar-refractivity contribution is 5.69. The summed E-state index contributed by atoms with van der Waals surface area (Å²) >= 11 is 0. The second-order valence-corrected chi connectivity index (χ2v) is 4.87. The zero-order chi connectivity index (χ0) is 13.5. The topological polar surface area (TPSA) is 38.3 Å². The zero-order valence-electron chi connectivity index (χ0n) is 11.7. The lowest BCUT2D eigenvalue weighted by Gasteiger charge is -2.15. The molecule has 0 radical (unpaired) electrons. The molecule has 3 heteroatoms. The van der Waals surface area contributed by atoms with Gasteiger partial charge in [0.2, 0.25) is 0 Å². The Morgan fingerprint density at radius 1 is 1.28 bits per heavy atom. The van der Waals surface area contributed by atoms with E-state index < -0.39 is 0 Å². The first-order chi connectivity index (χ1) is 8.56. The standard InChI is InChI=1S/C15H23NO2/c1-11(2)13-7-5-12(6-8-13)9-14(16-3)10-15(17)18-4/h5-8,11,14,16H,9-10H2,1-4H3. The van der Waals surface area contributed by atoms with Gasteiger partial charge in [-0.15, -0.1) is 0 Å². The molecule has 1 N–H and O–H groups in total. The van der Waals surface area contributed by atoms with Crippen molar-refractivity contribution in [3.05, 3.63) is 35.4 Å². The first-order valence-corrected chi connectivity index (χ1v) is 6.39. The Bertz CT molecular complexity index is 371. The van der Waals surface area contributed by atoms with Gasteiger partial charge in [-0.05, 0) is 30.5 Å². The van der Waals surface area contributed by atoms with Gasteiger partial charge in [0.05, 0.1) is 13.5 Å². The SMILES string of the molecule is CNC(CC(=O)OC)Cc1ccc(C(C)C)cc1. The average molecular weight is 249 g/mol. The largest absolute Gasteiger partial charge is 0.469 e. The average Bonchev–Trinajstić information content (AvgIpc) is 2.38. The Morgan fingerprint density at radius 3 is 2.33 bits per heavy atom. The molecule has 0 spiro atoms. The van der Waals surface area contributed by atoms with E-state index in [2.05, 4.69) is 43.4 Å². The van der Waals surface area contributed by atoms with Crippen molar-refractivity contribution in [3.63, 3.8) is 0 Å². The molecule has 18 heavy (non-hydrogen) atoms. The van der Waals surface area contributed by atoms with Gasteiger partial charge >= 0.3 is 5.97 Å². The molecule has 0 amide bonds. The number of nitrogens with one attached hydrogen (secondary N) is 1. The van der Waals surface area contributed by atoms with E-state index in [1.54, 1.807) is 0 Å². The Morgan fingerprint density at radius 2 is 1.89 bits per heavy atom. The zero-order valence-corrected chi connectivity index (χ0v) is 11.7. The number of likely N-dealkylation sites (N-methyl/N-ethyl adjacent to an activating group) is 1. The van der Waals surface area contributed by atoms with Gasteiger partial charge < -0.3 is 10.1 Å². The van der Waals surface area contributed by atoms with Crippen molar-refractivity contribution < 1.29 is 9.53 Å². The number of hydrogen-bond donors (Lipinski definition) is 1. The first kappa shape index (κ1) is 14.7. The van der Waals surface area contributed by atoms with E-state index >= 15 is 0 Å². The van der Waals surface area contributed by atoms with E-state index in [1.165, 1.54) is 18.2 Å². The molecule has 1 atom stereocenters. The van der Waals surface area contributed by atoms with Crippen LogP contribution >= 0.6 is 0 Å². The second kappa shape index (κ2) is 7.17. The molecule has 0 heterocycles. The molecule has 0 saturated heterocycles. The summed E-state index contributed by atoms with van der Waals surface area (Å²) in [6.45, 7) is 4.37. The van der Waals surface area contributed by atoms with E-state index in [0.717, 1.165) is 6.42 Å². The lowest BCUT2D eigenvalue weighted by atomic mass is 9.98. The summed E-state index contributed by atoms with van der Waals surface area (Å²) in [6, 6.07) is 8.71. The summed E-state index contributed by atoms with van der Waals surface area (Å²) in [5, 5.41) is 3.15. The molecule has 1 rings (SSSR count). The van der Waals surface area contributed by atoms with Crippen molar-refractivity contribution in [3.8, 4) is 0 Å². The third kappa shape index (κ3) is 4.49. The number of esters is 1. The van der Waals surface area contributed by atoms with Gasteiger partial charge in [-0.25, -0.2) is 0 Å². The minimum atomic E-state index is -0.173. The Hall–Kier alpha value is -1.35. The van der Waals surface area contributed by atoms with Crippen LogP contribution in [0.4, 0.5) is 0 Å². The summed E-state index contributed by atoms with van der Waals surface area (Å²) in [6.07, 6.45) is 1.24. The number of ether oxygens (including phenoxy) is 1. The van der Waals surface area contributed by atoms with Crippen molar-refractivity contribution in [2.24, 2.45) is 0 Å². The monoisotopic (exact) mass is 249 g/mol. The number of carbonyl (C=O) groups excluding carboxylic acids is 1. The van der Waals surface area contributed by atoms with Gasteiger partial charge in [-0.2, -0.15) is 0 Å². The van der Waals surface area contributed by atoms with Gasteiger partial charge in [0.1, 0.15) is 0 Å². The second-order valence-electron chi connectivity index (χ2n) is 4.87. The fraction of sp³-hybridized carbons (Fsp3) is 0.533. The number of methoxy groups -OCH3 is 1. The lowest BCUT2D eigenvalue weighted by Crippen LogP contribution is -2.30. The van der Waals surface area contributed by atoms with Crippen molar-refractivity contribution in [2.75, 3.05) is 14.2 Å². The van der Waals surface area contributed by atoms with Crippen molar-refractivity contribution in [1.29, 1.82) is 0 Å². The number of hydrogen-bond acceptors (Lipinski definition) is 3. The molecule has 1 aromatic carbocycles. The van der Waals surface area contributed by atoms with Crippen LogP contribution in [0.25, 0.3) is 0 Å². The highest BCUT2D eigenvalue weighted by Gasteiger charge is 2.13. The predicted molar refractivity (Wildman–Crippen MR) is 73.7 cm³/mol. The maximum absolute atomic E-state index is 11.3. The van der Waals surface area contributed by atoms with Gasteiger partial charge in [0, 0.05) is 6.04 Å². The predicted octanol–water partition coefficient (Wildman–Crippen LogP) is 2.50. The van der Waals surface area contributed by atoms with E-state index in [4.69, 9.17) is 4.74 Å². The molecule has 0 aromatic heterocycles. The molecule has 0 fully saturated rings. The third-order valence-electron chi connectivity index (χ3n) is 3.18. The normalized spacial score (nSPS) is 12.5. The molecule has 0 bridgehead atoms. The van der Waals surface area contributed by atoms with Crippen LogP contribution in [-0.2, 0) is 16.0 Å². The van der Waals surface area contributed by atoms with Crippen molar-refractivity contribution in [2.45, 2.75) is 38.6 Å². The minimum absolute atomic E-state index is 0.127. The van der Waals surface area contributed by atoms with Gasteiger partial charge in [-0.3, -0.25) is 4.79 Å². The van der Waals surface area contributed by atoms with E-state index in [-0.39, 0.29) is 12.0 Å². The van der Waals surface area contributed by atoms with Crippen molar-refractivity contribution in [1.82, 2.24) is 5.32 Å². The van der Waals surface area contributed by atoms with Crippen LogP contribution in [0.5, 0.6) is 0 Å². The van der Waals surface area contributed by atoms with Crippen LogP contribution < -0.4 is 5.32 Å². The van der Waals surface area contributed by atoms with E-state index in [0.29, 0.717) is 12.3 Å². The molecule has 0 aliphatic carbocycles. The third-order valence-corrected chi connectivity index (χ3v) is 3.18. The van der Waals surface area contributed by atoms with Crippen LogP contribution in [0, 0.1) is 0 Å². The lowest BCUT2D eigenvalue weighted by molar-refractivity contribution is -0.141. The number of benzene rings is 1. The summed E-state index contributed by atoms with van der Waals surface area (Å²) in [5.41, 5.74) is 2.58. The summed E-state index contributed by atoms with van der Waals surface area (Å²) in [4.78, 5) is 11.3. The summed E-state index contributed by atoms with van der Waals surface area (Å²) in [7, 11) is 3.29. The Kier molecular flexibility index (Phi) is 5.86. The van der Waals surface area contributed by atoms with Gasteiger partial charge in [-0.1, -0.05) is 38.1 Å². The summed E-state index contributed by atoms with van der Waals surface area (Å²) < 4.78 is 4.69. The van der Waals surface area contributed by atoms with E-state index in [1.807, 2.05) is 7.05 Å². The molecular formula is C15H23NO2. The van der Waals surface area contributed by atoms with E-state index in [9.17, 15) is 4.79 Å². The number of carbonyl (C=O) groups is 1. The van der Waals surface area contributed by atoms with Crippen molar-refractivity contribution >= 4 is 5.97 Å². The van der Waals surface area contributed by atoms with Gasteiger partial charge in [0.15, 0.2) is 0 Å². The Balaban J connectivity index is 2.61. The smallest absolute Gasteiger partial charge is 0.307 e. The van der Waals surface area contributed by atoms with Crippen LogP contribution in [0.2, 0.25) is 0 Å². The minimum Gasteiger partial charge on any atom is -0.469 e. The molecule has 1 aromatic rings. The first-order valence-electron chi connectivity index (χ1n) is 6.39. The molecule has 0 aliphatic heterocycles. The molecule has 0 saturated carbocycles. The summed E-state index contributed by atoms with van der Waals surface area (Å²) in [5.74, 6) is 0.377. The molecule has 0 aliphatic rings. The maximum Gasteiger partial charge on any atom is 0.307 e. The highest BCUT2D eigenvalue weighted by Crippen LogP contribution is 2.16. The molecule has 3 nitrogen and oxygen atoms in total. The molecule has 1 unspecified atom stereocenters. The quantitative estimate of drug-likeness (QED) is 0.787. The van der Waals surface area contributed by atoms with Crippen LogP contribution in [-0.4, -0.2) is 26.2 Å². The number of rotatable bonds is 6. The molecular weight excluding hydrogens is 226 g/mol. The fourth-order valence-corrected chi connectivity index (χ4v) is 1.88. The highest BCUT2D eigenvalue weighted by atomic mass is 16.5. The van der Waals surface area contributed by atoms with Crippen LogP contribution in [0.15, 0.2) is 24.3 Å².